The van der Waals surface area contributed by atoms with E-state index in [-0.39, 0.29) is 5.91 Å². The molecule has 2 aromatic heterocycles. The Morgan fingerprint density at radius 3 is 2.47 bits per heavy atom. The summed E-state index contributed by atoms with van der Waals surface area (Å²) in [6.45, 7) is 6.02. The van der Waals surface area contributed by atoms with E-state index in [1.165, 1.54) is 5.56 Å². The van der Waals surface area contributed by atoms with Gasteiger partial charge in [-0.3, -0.25) is 9.20 Å². The minimum absolute atomic E-state index is 0.0344. The molecule has 0 unspecified atom stereocenters. The molecule has 0 bridgehead atoms. The number of nitrogens with two attached hydrogens (primary N) is 1. The lowest BCUT2D eigenvalue weighted by Crippen LogP contribution is -2.86. The van der Waals surface area contributed by atoms with Crippen LogP contribution in [0.4, 0.5) is 13.2 Å². The maximum atomic E-state index is 12.2. The quantitative estimate of drug-likeness (QED) is 0.623. The van der Waals surface area contributed by atoms with Crippen LogP contribution in [-0.4, -0.2) is 40.0 Å². The molecule has 3 N–H and O–H groups in total. The molecule has 0 fully saturated rings. The number of nitrogens with zero attached hydrogens (tertiary/aromatic N) is 2. The second-order valence-corrected chi connectivity index (χ2v) is 7.68. The van der Waals surface area contributed by atoms with Crippen molar-refractivity contribution in [2.75, 3.05) is 6.54 Å². The summed E-state index contributed by atoms with van der Waals surface area (Å²) in [5.41, 5.74) is 5.98. The van der Waals surface area contributed by atoms with Gasteiger partial charge < -0.3 is 20.5 Å². The summed E-state index contributed by atoms with van der Waals surface area (Å²) >= 11 is 0. The predicted octanol–water partition coefficient (Wildman–Crippen LogP) is 1.06. The summed E-state index contributed by atoms with van der Waals surface area (Å²) in [4.78, 5) is 25.8. The van der Waals surface area contributed by atoms with E-state index in [4.69, 9.17) is 14.9 Å². The van der Waals surface area contributed by atoms with E-state index in [0.717, 1.165) is 35.6 Å². The van der Waals surface area contributed by atoms with Crippen LogP contribution in [0.15, 0.2) is 42.5 Å². The predicted molar refractivity (Wildman–Crippen MR) is 108 cm³/mol. The number of rotatable bonds is 4. The number of carboxylic acids is 1. The van der Waals surface area contributed by atoms with Gasteiger partial charge in [0.15, 0.2) is 0 Å². The third-order valence-corrected chi connectivity index (χ3v) is 4.90. The van der Waals surface area contributed by atoms with Crippen molar-refractivity contribution in [1.29, 1.82) is 0 Å². The number of benzene rings is 1. The second-order valence-electron chi connectivity index (χ2n) is 7.68. The van der Waals surface area contributed by atoms with Crippen LogP contribution < -0.4 is 15.7 Å². The highest BCUT2D eigenvalue weighted by atomic mass is 19.4. The van der Waals surface area contributed by atoms with Gasteiger partial charge in [-0.25, -0.2) is 4.98 Å². The maximum Gasteiger partial charge on any atom is 0.430 e. The Kier molecular flexibility index (Phi) is 6.83. The Morgan fingerprint density at radius 1 is 1.22 bits per heavy atom. The van der Waals surface area contributed by atoms with E-state index in [1.54, 1.807) is 0 Å². The Morgan fingerprint density at radius 2 is 1.88 bits per heavy atom. The highest BCUT2D eigenvalue weighted by Crippen LogP contribution is 2.27. The van der Waals surface area contributed by atoms with Crippen LogP contribution in [0.25, 0.3) is 16.9 Å². The molecule has 0 spiro atoms. The molecule has 4 rings (SSSR count). The lowest BCUT2D eigenvalue weighted by Gasteiger charge is -2.07. The second kappa shape index (κ2) is 9.39. The highest BCUT2D eigenvalue weighted by Gasteiger charge is 2.28. The summed E-state index contributed by atoms with van der Waals surface area (Å²) in [5.74, 6) is -3.04. The van der Waals surface area contributed by atoms with Crippen LogP contribution in [0.5, 0.6) is 0 Å². The standard InChI is InChI=1S/C20H22N4O.C2HF3O2/c1-13(2)22-12-14-6-8-15(9-7-14)19-16-10-11-21-20(25)17-4-3-5-18(23-19)24(16)17;3-2(4,5)1(6)7/h3-9,13,22H,10-12H2,1-2H3,(H,21,25);(H,6,7). The number of hydrogen-bond donors (Lipinski definition) is 2. The highest BCUT2D eigenvalue weighted by molar-refractivity contribution is 5.94. The summed E-state index contributed by atoms with van der Waals surface area (Å²) < 4.78 is 33.5. The Balaban J connectivity index is 0.000000360. The van der Waals surface area contributed by atoms with Gasteiger partial charge in [-0.05, 0) is 26.0 Å². The molecular weight excluding hydrogens is 425 g/mol. The zero-order valence-corrected chi connectivity index (χ0v) is 17.6. The van der Waals surface area contributed by atoms with E-state index >= 15 is 0 Å². The van der Waals surface area contributed by atoms with Gasteiger partial charge in [0.2, 0.25) is 0 Å². The summed E-state index contributed by atoms with van der Waals surface area (Å²) in [7, 11) is 0. The molecule has 3 heterocycles. The van der Waals surface area contributed by atoms with Crippen LogP contribution in [-0.2, 0) is 17.8 Å². The zero-order chi connectivity index (χ0) is 23.5. The molecule has 1 aliphatic heterocycles. The van der Waals surface area contributed by atoms with E-state index in [9.17, 15) is 18.0 Å². The van der Waals surface area contributed by atoms with Crippen LogP contribution >= 0.6 is 0 Å². The molecule has 1 aliphatic rings. The SMILES string of the molecule is CC(C)[NH2+]Cc1ccc(-c2nc3cccc4n3c2CCNC4=O)cc1.O=C([O-])C(F)(F)F. The van der Waals surface area contributed by atoms with Gasteiger partial charge in [-0.15, -0.1) is 0 Å². The number of halogens is 3. The fourth-order valence-electron chi connectivity index (χ4n) is 3.35. The number of hydrogen-bond acceptors (Lipinski definition) is 4. The number of alkyl halides is 3. The van der Waals surface area contributed by atoms with Gasteiger partial charge in [0.05, 0.1) is 17.4 Å². The molecule has 0 atom stereocenters. The first-order chi connectivity index (χ1) is 15.1. The number of nitrogens with one attached hydrogen (secondary N) is 1. The number of aromatic nitrogens is 2. The Hall–Kier alpha value is -3.40. The van der Waals surface area contributed by atoms with E-state index in [0.29, 0.717) is 18.3 Å². The van der Waals surface area contributed by atoms with Gasteiger partial charge in [-0.2, -0.15) is 13.2 Å². The number of carboxylic acid groups (broad SMARTS) is 1. The number of carbonyl (C=O) groups excluding carboxylic acids is 2. The van der Waals surface area contributed by atoms with Crippen LogP contribution in [0.1, 0.15) is 35.6 Å². The monoisotopic (exact) mass is 448 g/mol. The molecule has 7 nitrogen and oxygen atoms in total. The number of amides is 1. The van der Waals surface area contributed by atoms with Gasteiger partial charge >= 0.3 is 6.18 Å². The number of imidazole rings is 1. The van der Waals surface area contributed by atoms with Crippen molar-refractivity contribution in [1.82, 2.24) is 14.7 Å². The molecule has 0 saturated heterocycles. The van der Waals surface area contributed by atoms with Crippen molar-refractivity contribution < 1.29 is 33.2 Å². The summed E-state index contributed by atoms with van der Waals surface area (Å²) in [6.07, 6.45) is -4.41. The molecule has 0 aliphatic carbocycles. The average Bonchev–Trinajstić information content (AvgIpc) is 3.01. The molecule has 3 aromatic rings. The molecule has 1 aromatic carbocycles. The first-order valence-corrected chi connectivity index (χ1v) is 10.1. The number of aliphatic carboxylic acids is 1. The van der Waals surface area contributed by atoms with Crippen molar-refractivity contribution >= 4 is 17.5 Å². The zero-order valence-electron chi connectivity index (χ0n) is 17.6. The third kappa shape index (κ3) is 5.25. The van der Waals surface area contributed by atoms with Gasteiger partial charge in [-0.1, -0.05) is 30.3 Å². The van der Waals surface area contributed by atoms with Gasteiger partial charge in [0, 0.05) is 24.1 Å². The summed E-state index contributed by atoms with van der Waals surface area (Å²) in [5, 5.41) is 14.1. The fourth-order valence-corrected chi connectivity index (χ4v) is 3.35. The topological polar surface area (TPSA) is 103 Å². The van der Waals surface area contributed by atoms with Crippen molar-refractivity contribution in [2.24, 2.45) is 0 Å². The van der Waals surface area contributed by atoms with Crippen molar-refractivity contribution in [2.45, 2.75) is 39.0 Å². The first-order valence-electron chi connectivity index (χ1n) is 10.1. The van der Waals surface area contributed by atoms with E-state index in [2.05, 4.69) is 48.7 Å². The number of carbonyl (C=O) groups is 2. The number of quaternary nitrogens is 1. The minimum Gasteiger partial charge on any atom is -0.542 e. The molecule has 0 saturated carbocycles. The van der Waals surface area contributed by atoms with Crippen molar-refractivity contribution in [3.8, 4) is 11.3 Å². The van der Waals surface area contributed by atoms with Gasteiger partial charge in [0.1, 0.15) is 23.9 Å². The van der Waals surface area contributed by atoms with Crippen molar-refractivity contribution in [3.63, 3.8) is 0 Å². The Labute approximate surface area is 182 Å². The molecular formula is C22H23F3N4O3. The molecule has 0 radical (unpaired) electrons. The normalized spacial score (nSPS) is 13.4. The molecule has 1 amide bonds. The van der Waals surface area contributed by atoms with Crippen LogP contribution in [0.3, 0.4) is 0 Å². The smallest absolute Gasteiger partial charge is 0.430 e. The molecule has 170 valence electrons. The number of pyridine rings is 1. The van der Waals surface area contributed by atoms with E-state index in [1.807, 2.05) is 22.6 Å². The van der Waals surface area contributed by atoms with Crippen molar-refractivity contribution in [3.05, 3.63) is 59.4 Å². The minimum atomic E-state index is -5.19. The van der Waals surface area contributed by atoms with Crippen LogP contribution in [0.2, 0.25) is 0 Å². The lowest BCUT2D eigenvalue weighted by molar-refractivity contribution is -0.698. The average molecular weight is 448 g/mol. The third-order valence-electron chi connectivity index (χ3n) is 4.90. The van der Waals surface area contributed by atoms with Gasteiger partial charge in [0.25, 0.3) is 5.91 Å². The molecule has 10 heteroatoms. The largest absolute Gasteiger partial charge is 0.542 e. The first kappa shape index (κ1) is 23.3. The molecule has 32 heavy (non-hydrogen) atoms. The maximum absolute atomic E-state index is 12.2. The lowest BCUT2D eigenvalue weighted by atomic mass is 10.1. The van der Waals surface area contributed by atoms with Crippen LogP contribution in [0, 0.1) is 0 Å². The van der Waals surface area contributed by atoms with E-state index < -0.39 is 12.1 Å². The fraction of sp³-hybridized carbons (Fsp3) is 0.318. The Bertz CT molecular complexity index is 1120. The summed E-state index contributed by atoms with van der Waals surface area (Å²) in [6, 6.07) is 14.9.